The van der Waals surface area contributed by atoms with Gasteiger partial charge in [-0.1, -0.05) is 25.3 Å². The zero-order valence-corrected chi connectivity index (χ0v) is 10.4. The van der Waals surface area contributed by atoms with Crippen molar-refractivity contribution < 1.29 is 19.1 Å². The van der Waals surface area contributed by atoms with Gasteiger partial charge in [-0.3, -0.25) is 0 Å². The van der Waals surface area contributed by atoms with Crippen LogP contribution in [0.3, 0.4) is 0 Å². The molecule has 4 nitrogen and oxygen atoms in total. The summed E-state index contributed by atoms with van der Waals surface area (Å²) in [5.41, 5.74) is 0.875. The minimum Gasteiger partial charge on any atom is -0.419 e. The van der Waals surface area contributed by atoms with E-state index in [4.69, 9.17) is 9.47 Å². The fourth-order valence-electron chi connectivity index (χ4n) is 1.31. The van der Waals surface area contributed by atoms with Crippen LogP contribution in [0.1, 0.15) is 5.56 Å². The molecule has 0 amide bonds. The van der Waals surface area contributed by atoms with Gasteiger partial charge in [0, 0.05) is 12.2 Å². The lowest BCUT2D eigenvalue weighted by atomic mass is 10.1. The maximum atomic E-state index is 11.2. The Bertz CT molecular complexity index is 529. The van der Waals surface area contributed by atoms with Crippen LogP contribution in [0.4, 0.5) is 0 Å². The fraction of sp³-hybridized carbons (Fsp3) is 0.0667. The van der Waals surface area contributed by atoms with Crippen molar-refractivity contribution in [3.05, 3.63) is 61.7 Å². The number of rotatable bonds is 6. The van der Waals surface area contributed by atoms with Gasteiger partial charge in [0.05, 0.1) is 0 Å². The summed E-state index contributed by atoms with van der Waals surface area (Å²) in [7, 11) is 0. The van der Waals surface area contributed by atoms with Crippen molar-refractivity contribution in [1.82, 2.24) is 0 Å². The molecule has 0 unspecified atom stereocenters. The van der Waals surface area contributed by atoms with Gasteiger partial charge in [0.25, 0.3) is 0 Å². The fourth-order valence-corrected chi connectivity index (χ4v) is 1.31. The summed E-state index contributed by atoms with van der Waals surface area (Å²) < 4.78 is 10.0. The van der Waals surface area contributed by atoms with E-state index in [0.717, 1.165) is 17.7 Å². The maximum absolute atomic E-state index is 11.2. The summed E-state index contributed by atoms with van der Waals surface area (Å²) in [6.45, 7) is 10.2. The number of carbonyl (C=O) groups excluding carboxylic acids is 2. The number of hydrogen-bond donors (Lipinski definition) is 0. The van der Waals surface area contributed by atoms with Crippen LogP contribution >= 0.6 is 0 Å². The molecule has 0 heterocycles. The zero-order chi connectivity index (χ0) is 14.3. The molecule has 1 aromatic rings. The number of carbonyl (C=O) groups is 2. The monoisotopic (exact) mass is 258 g/mol. The lowest BCUT2D eigenvalue weighted by Gasteiger charge is -2.10. The van der Waals surface area contributed by atoms with Crippen molar-refractivity contribution in [1.29, 1.82) is 0 Å². The van der Waals surface area contributed by atoms with Gasteiger partial charge < -0.3 is 9.47 Å². The van der Waals surface area contributed by atoms with Gasteiger partial charge in [-0.25, -0.2) is 9.59 Å². The highest BCUT2D eigenvalue weighted by atomic mass is 16.6. The summed E-state index contributed by atoms with van der Waals surface area (Å²) in [6.07, 6.45) is 4.37. The van der Waals surface area contributed by atoms with Crippen molar-refractivity contribution in [2.75, 3.05) is 0 Å². The first-order valence-corrected chi connectivity index (χ1v) is 5.53. The Kier molecular flexibility index (Phi) is 5.29. The second kappa shape index (κ2) is 6.96. The van der Waals surface area contributed by atoms with Crippen LogP contribution in [0.25, 0.3) is 0 Å². The van der Waals surface area contributed by atoms with Crippen LogP contribution in [-0.4, -0.2) is 11.9 Å². The number of esters is 2. The van der Waals surface area contributed by atoms with Gasteiger partial charge in [0.1, 0.15) is 0 Å². The van der Waals surface area contributed by atoms with Crippen LogP contribution in [-0.2, 0) is 16.0 Å². The van der Waals surface area contributed by atoms with Crippen molar-refractivity contribution in [2.45, 2.75) is 6.42 Å². The third-order valence-corrected chi connectivity index (χ3v) is 2.14. The lowest BCUT2D eigenvalue weighted by Crippen LogP contribution is -2.08. The molecule has 4 heteroatoms. The van der Waals surface area contributed by atoms with Crippen LogP contribution in [0, 0.1) is 0 Å². The Morgan fingerprint density at radius 3 is 2.11 bits per heavy atom. The quantitative estimate of drug-likeness (QED) is 0.340. The van der Waals surface area contributed by atoms with Gasteiger partial charge in [-0.05, 0) is 24.1 Å². The van der Waals surface area contributed by atoms with Crippen LogP contribution < -0.4 is 9.47 Å². The van der Waals surface area contributed by atoms with E-state index in [1.54, 1.807) is 24.3 Å². The van der Waals surface area contributed by atoms with E-state index in [0.29, 0.717) is 6.42 Å². The lowest BCUT2D eigenvalue weighted by molar-refractivity contribution is -0.131. The van der Waals surface area contributed by atoms with Crippen molar-refractivity contribution >= 4 is 11.9 Å². The maximum Gasteiger partial charge on any atom is 0.335 e. The third-order valence-electron chi connectivity index (χ3n) is 2.14. The average molecular weight is 258 g/mol. The number of benzene rings is 1. The molecule has 0 aliphatic heterocycles. The molecule has 1 rings (SSSR count). The standard InChI is InChI=1S/C15H14O4/c1-4-7-11-8-9-12(18-14(16)5-2)13(10-11)19-15(17)6-3/h4-6,8-10H,1-3,7H2. The normalized spacial score (nSPS) is 9.26. The summed E-state index contributed by atoms with van der Waals surface area (Å²) in [4.78, 5) is 22.4. The number of hydrogen-bond acceptors (Lipinski definition) is 4. The zero-order valence-electron chi connectivity index (χ0n) is 10.4. The average Bonchev–Trinajstić information content (AvgIpc) is 2.41. The van der Waals surface area contributed by atoms with E-state index in [1.807, 2.05) is 0 Å². The van der Waals surface area contributed by atoms with Crippen LogP contribution in [0.2, 0.25) is 0 Å². The third kappa shape index (κ3) is 4.27. The highest BCUT2D eigenvalue weighted by Crippen LogP contribution is 2.29. The Labute approximate surface area is 111 Å². The van der Waals surface area contributed by atoms with Gasteiger partial charge >= 0.3 is 11.9 Å². The summed E-state index contributed by atoms with van der Waals surface area (Å²) in [6, 6.07) is 4.90. The first kappa shape index (κ1) is 14.4. The van der Waals surface area contributed by atoms with E-state index in [9.17, 15) is 9.59 Å². The molecule has 0 atom stereocenters. The van der Waals surface area contributed by atoms with E-state index < -0.39 is 11.9 Å². The number of allylic oxidation sites excluding steroid dienone is 1. The van der Waals surface area contributed by atoms with Gasteiger partial charge in [0.15, 0.2) is 11.5 Å². The molecular weight excluding hydrogens is 244 g/mol. The Morgan fingerprint density at radius 2 is 1.58 bits per heavy atom. The van der Waals surface area contributed by atoms with E-state index in [2.05, 4.69) is 19.7 Å². The van der Waals surface area contributed by atoms with Crippen LogP contribution in [0.5, 0.6) is 11.5 Å². The molecule has 0 aliphatic rings. The topological polar surface area (TPSA) is 52.6 Å². The molecule has 0 aliphatic carbocycles. The molecule has 0 radical (unpaired) electrons. The predicted molar refractivity (Wildman–Crippen MR) is 72.0 cm³/mol. The smallest absolute Gasteiger partial charge is 0.335 e. The molecule has 0 fully saturated rings. The minimum atomic E-state index is -0.633. The van der Waals surface area contributed by atoms with Gasteiger partial charge in [0.2, 0.25) is 0 Å². The Morgan fingerprint density at radius 1 is 1.00 bits per heavy atom. The van der Waals surface area contributed by atoms with E-state index >= 15 is 0 Å². The van der Waals surface area contributed by atoms with Crippen molar-refractivity contribution in [3.63, 3.8) is 0 Å². The SMILES string of the molecule is C=CCc1ccc(OC(=O)C=C)c(OC(=O)C=C)c1. The second-order valence-corrected chi connectivity index (χ2v) is 3.52. The van der Waals surface area contributed by atoms with Gasteiger partial charge in [-0.2, -0.15) is 0 Å². The van der Waals surface area contributed by atoms with Gasteiger partial charge in [-0.15, -0.1) is 6.58 Å². The van der Waals surface area contributed by atoms with Crippen molar-refractivity contribution in [3.8, 4) is 11.5 Å². The highest BCUT2D eigenvalue weighted by molar-refractivity contribution is 5.86. The molecule has 98 valence electrons. The molecule has 0 bridgehead atoms. The largest absolute Gasteiger partial charge is 0.419 e. The Balaban J connectivity index is 3.09. The first-order valence-electron chi connectivity index (χ1n) is 5.53. The molecule has 0 N–H and O–H groups in total. The second-order valence-electron chi connectivity index (χ2n) is 3.52. The van der Waals surface area contributed by atoms with E-state index in [-0.39, 0.29) is 11.5 Å². The molecule has 0 saturated heterocycles. The van der Waals surface area contributed by atoms with Crippen LogP contribution in [0.15, 0.2) is 56.2 Å². The molecule has 0 aromatic heterocycles. The number of ether oxygens (including phenoxy) is 2. The molecule has 0 saturated carbocycles. The minimum absolute atomic E-state index is 0.146. The summed E-state index contributed by atoms with van der Waals surface area (Å²) in [5.74, 6) is -0.966. The first-order chi connectivity index (χ1) is 9.10. The van der Waals surface area contributed by atoms with Crippen molar-refractivity contribution in [2.24, 2.45) is 0 Å². The summed E-state index contributed by atoms with van der Waals surface area (Å²) >= 11 is 0. The predicted octanol–water partition coefficient (Wildman–Crippen LogP) is 2.60. The molecule has 19 heavy (non-hydrogen) atoms. The molecule has 1 aromatic carbocycles. The Hall–Kier alpha value is -2.62. The molecular formula is C15H14O4. The molecule has 0 spiro atoms. The van der Waals surface area contributed by atoms with E-state index in [1.165, 1.54) is 0 Å². The highest BCUT2D eigenvalue weighted by Gasteiger charge is 2.11. The summed E-state index contributed by atoms with van der Waals surface area (Å²) in [5, 5.41) is 0.